The van der Waals surface area contributed by atoms with Crippen molar-refractivity contribution >= 4 is 11.9 Å². The topological polar surface area (TPSA) is 77.8 Å². The van der Waals surface area contributed by atoms with Crippen molar-refractivity contribution in [1.82, 2.24) is 4.90 Å². The fourth-order valence-corrected chi connectivity index (χ4v) is 2.75. The summed E-state index contributed by atoms with van der Waals surface area (Å²) in [7, 11) is 0. The number of carbonyl (C=O) groups excluding carboxylic acids is 1. The highest BCUT2D eigenvalue weighted by Gasteiger charge is 2.58. The van der Waals surface area contributed by atoms with Crippen LogP contribution in [-0.2, 0) is 9.59 Å². The lowest BCUT2D eigenvalue weighted by atomic mass is 9.78. The van der Waals surface area contributed by atoms with Crippen LogP contribution in [0.3, 0.4) is 0 Å². The second kappa shape index (κ2) is 3.31. The number of rotatable bonds is 2. The zero-order valence-electron chi connectivity index (χ0n) is 9.47. The smallest absolute Gasteiger partial charge is 0.352 e. The van der Waals surface area contributed by atoms with Crippen LogP contribution in [0, 0.1) is 11.8 Å². The van der Waals surface area contributed by atoms with Gasteiger partial charge in [0.05, 0.1) is 18.1 Å². The number of aliphatic carboxylic acids is 1. The van der Waals surface area contributed by atoms with Crippen LogP contribution >= 0.6 is 0 Å². The Morgan fingerprint density at radius 2 is 2.06 bits per heavy atom. The number of hydrogen-bond acceptors (Lipinski definition) is 3. The number of aliphatic hydroxyl groups is 1. The molecule has 2 aliphatic heterocycles. The number of nitrogens with zero attached hydrogens (tertiary/aromatic N) is 1. The Morgan fingerprint density at radius 3 is 2.50 bits per heavy atom. The van der Waals surface area contributed by atoms with E-state index in [1.165, 1.54) is 4.90 Å². The van der Waals surface area contributed by atoms with E-state index in [1.54, 1.807) is 13.8 Å². The maximum absolute atomic E-state index is 11.8. The van der Waals surface area contributed by atoms with Crippen LogP contribution in [0.5, 0.6) is 0 Å². The van der Waals surface area contributed by atoms with Crippen LogP contribution in [0.25, 0.3) is 0 Å². The molecule has 0 radical (unpaired) electrons. The van der Waals surface area contributed by atoms with E-state index in [-0.39, 0.29) is 23.6 Å². The van der Waals surface area contributed by atoms with Crippen LogP contribution in [0.15, 0.2) is 11.3 Å². The van der Waals surface area contributed by atoms with Crippen molar-refractivity contribution in [3.8, 4) is 0 Å². The molecule has 1 fully saturated rings. The average molecular weight is 225 g/mol. The molecule has 0 aromatic heterocycles. The maximum Gasteiger partial charge on any atom is 0.352 e. The predicted octanol–water partition coefficient (Wildman–Crippen LogP) is 0.202. The third-order valence-electron chi connectivity index (χ3n) is 3.72. The van der Waals surface area contributed by atoms with Gasteiger partial charge in [-0.25, -0.2) is 4.79 Å². The second-order valence-corrected chi connectivity index (χ2v) is 4.59. The number of carboxylic acid groups (broad SMARTS) is 1. The van der Waals surface area contributed by atoms with Gasteiger partial charge in [0.2, 0.25) is 5.91 Å². The van der Waals surface area contributed by atoms with Crippen molar-refractivity contribution in [2.45, 2.75) is 32.9 Å². The van der Waals surface area contributed by atoms with E-state index in [4.69, 9.17) is 5.11 Å². The molecule has 4 atom stereocenters. The van der Waals surface area contributed by atoms with E-state index in [0.717, 1.165) is 0 Å². The van der Waals surface area contributed by atoms with Crippen molar-refractivity contribution in [2.75, 3.05) is 0 Å². The molecule has 0 spiro atoms. The summed E-state index contributed by atoms with van der Waals surface area (Å²) in [6.07, 6.45) is -0.725. The van der Waals surface area contributed by atoms with Gasteiger partial charge in [-0.3, -0.25) is 4.79 Å². The zero-order chi connectivity index (χ0) is 12.2. The minimum atomic E-state index is -1.07. The Bertz CT molecular complexity index is 399. The van der Waals surface area contributed by atoms with Crippen molar-refractivity contribution < 1.29 is 19.8 Å². The number of carbonyl (C=O) groups is 2. The van der Waals surface area contributed by atoms with Crippen LogP contribution in [0.2, 0.25) is 0 Å². The third-order valence-corrected chi connectivity index (χ3v) is 3.72. The molecule has 1 amide bonds. The summed E-state index contributed by atoms with van der Waals surface area (Å²) in [5.74, 6) is -1.80. The molecule has 2 N–H and O–H groups in total. The van der Waals surface area contributed by atoms with Gasteiger partial charge in [0.15, 0.2) is 0 Å². The monoisotopic (exact) mass is 225 g/mol. The SMILES string of the molecule is CC1=C(C(=O)O)N2C(=O)C(C(C)O)C2C1C. The molecule has 0 aromatic rings. The van der Waals surface area contributed by atoms with E-state index in [9.17, 15) is 14.7 Å². The van der Waals surface area contributed by atoms with Gasteiger partial charge in [0.25, 0.3) is 0 Å². The lowest BCUT2D eigenvalue weighted by Gasteiger charge is -2.46. The van der Waals surface area contributed by atoms with Gasteiger partial charge in [-0.1, -0.05) is 6.92 Å². The lowest BCUT2D eigenvalue weighted by Crippen LogP contribution is -2.63. The van der Waals surface area contributed by atoms with E-state index in [1.807, 2.05) is 6.92 Å². The van der Waals surface area contributed by atoms with E-state index in [2.05, 4.69) is 0 Å². The highest BCUT2D eigenvalue weighted by molar-refractivity contribution is 5.99. The Morgan fingerprint density at radius 1 is 1.50 bits per heavy atom. The minimum absolute atomic E-state index is 0.00315. The number of aliphatic hydroxyl groups excluding tert-OH is 1. The first-order valence-corrected chi connectivity index (χ1v) is 5.33. The molecule has 2 heterocycles. The Labute approximate surface area is 93.4 Å². The predicted molar refractivity (Wildman–Crippen MR) is 55.3 cm³/mol. The first kappa shape index (κ1) is 11.1. The van der Waals surface area contributed by atoms with Gasteiger partial charge in [-0.15, -0.1) is 0 Å². The van der Waals surface area contributed by atoms with E-state index >= 15 is 0 Å². The van der Waals surface area contributed by atoms with Crippen LogP contribution in [0.1, 0.15) is 20.8 Å². The molecule has 0 bridgehead atoms. The molecular weight excluding hydrogens is 210 g/mol. The molecule has 1 saturated heterocycles. The average Bonchev–Trinajstić information content (AvgIpc) is 2.38. The van der Waals surface area contributed by atoms with Crippen molar-refractivity contribution in [1.29, 1.82) is 0 Å². The molecule has 4 unspecified atom stereocenters. The molecule has 16 heavy (non-hydrogen) atoms. The Balaban J connectivity index is 2.36. The summed E-state index contributed by atoms with van der Waals surface area (Å²) in [4.78, 5) is 24.1. The normalized spacial score (nSPS) is 34.9. The van der Waals surface area contributed by atoms with Gasteiger partial charge < -0.3 is 15.1 Å². The Hall–Kier alpha value is -1.36. The fourth-order valence-electron chi connectivity index (χ4n) is 2.75. The molecule has 2 rings (SSSR count). The minimum Gasteiger partial charge on any atom is -0.477 e. The summed E-state index contributed by atoms with van der Waals surface area (Å²) in [6.45, 7) is 5.20. The first-order chi connectivity index (χ1) is 7.37. The summed E-state index contributed by atoms with van der Waals surface area (Å²) in [5.41, 5.74) is 0.813. The molecule has 5 heteroatoms. The zero-order valence-corrected chi connectivity index (χ0v) is 9.47. The number of hydrogen-bond donors (Lipinski definition) is 2. The van der Waals surface area contributed by atoms with E-state index in [0.29, 0.717) is 5.57 Å². The molecule has 88 valence electrons. The first-order valence-electron chi connectivity index (χ1n) is 5.33. The lowest BCUT2D eigenvalue weighted by molar-refractivity contribution is -0.163. The Kier molecular flexibility index (Phi) is 2.31. The summed E-state index contributed by atoms with van der Waals surface area (Å²) in [6, 6.07) is -0.182. The third kappa shape index (κ3) is 1.15. The van der Waals surface area contributed by atoms with Gasteiger partial charge in [-0.05, 0) is 19.4 Å². The molecule has 0 saturated carbocycles. The molecule has 0 aliphatic carbocycles. The summed E-state index contributed by atoms with van der Waals surface area (Å²) in [5, 5.41) is 18.6. The van der Waals surface area contributed by atoms with Crippen molar-refractivity contribution in [3.05, 3.63) is 11.3 Å². The molecule has 2 aliphatic rings. The molecule has 0 aromatic carbocycles. The maximum atomic E-state index is 11.8. The number of β-lactam (4-membered cyclic amide) rings is 1. The fraction of sp³-hybridized carbons (Fsp3) is 0.636. The summed E-state index contributed by atoms with van der Waals surface area (Å²) < 4.78 is 0. The van der Waals surface area contributed by atoms with Crippen LogP contribution < -0.4 is 0 Å². The van der Waals surface area contributed by atoms with Crippen LogP contribution in [-0.4, -0.2) is 39.1 Å². The number of amides is 1. The van der Waals surface area contributed by atoms with Gasteiger partial charge in [-0.2, -0.15) is 0 Å². The van der Waals surface area contributed by atoms with Gasteiger partial charge >= 0.3 is 5.97 Å². The highest BCUT2D eigenvalue weighted by atomic mass is 16.4. The molecule has 5 nitrogen and oxygen atoms in total. The van der Waals surface area contributed by atoms with Gasteiger partial charge in [0, 0.05) is 5.92 Å². The highest BCUT2D eigenvalue weighted by Crippen LogP contribution is 2.46. The number of carboxylic acids is 1. The van der Waals surface area contributed by atoms with Crippen molar-refractivity contribution in [3.63, 3.8) is 0 Å². The standard InChI is InChI=1S/C11H15NO4/c1-4-5(2)9(11(15)16)12-8(4)7(6(3)13)10(12)14/h4,6-8,13H,1-3H3,(H,15,16). The molecular formula is C11H15NO4. The number of fused-ring (bicyclic) bond motifs is 1. The largest absolute Gasteiger partial charge is 0.477 e. The van der Waals surface area contributed by atoms with Gasteiger partial charge in [0.1, 0.15) is 5.70 Å². The van der Waals surface area contributed by atoms with E-state index < -0.39 is 18.0 Å². The van der Waals surface area contributed by atoms with Crippen molar-refractivity contribution in [2.24, 2.45) is 11.8 Å². The second-order valence-electron chi connectivity index (χ2n) is 4.59. The summed E-state index contributed by atoms with van der Waals surface area (Å²) >= 11 is 0. The quantitative estimate of drug-likeness (QED) is 0.658. The van der Waals surface area contributed by atoms with Crippen LogP contribution in [0.4, 0.5) is 0 Å².